The summed E-state index contributed by atoms with van der Waals surface area (Å²) in [5, 5.41) is 7.27. The summed E-state index contributed by atoms with van der Waals surface area (Å²) in [5.41, 5.74) is 3.01. The molecular weight excluding hydrogens is 312 g/mol. The van der Waals surface area contributed by atoms with E-state index in [4.69, 9.17) is 0 Å². The monoisotopic (exact) mass is 338 g/mol. The highest BCUT2D eigenvalue weighted by molar-refractivity contribution is 6.03. The molecule has 5 nitrogen and oxygen atoms in total. The van der Waals surface area contributed by atoms with Gasteiger partial charge < -0.3 is 5.32 Å². The number of amides is 1. The number of hydrogen-bond acceptors (Lipinski definition) is 3. The summed E-state index contributed by atoms with van der Waals surface area (Å²) in [7, 11) is 0. The minimum Gasteiger partial charge on any atom is -0.305 e. The molecule has 1 N–H and O–H groups in total. The molecule has 2 aliphatic rings. The molecule has 2 heterocycles. The van der Waals surface area contributed by atoms with Crippen molar-refractivity contribution < 1.29 is 4.79 Å². The van der Waals surface area contributed by atoms with E-state index in [2.05, 4.69) is 27.4 Å². The Morgan fingerprint density at radius 1 is 1.28 bits per heavy atom. The highest BCUT2D eigenvalue weighted by atomic mass is 16.1. The van der Waals surface area contributed by atoms with Crippen LogP contribution >= 0.6 is 0 Å². The summed E-state index contributed by atoms with van der Waals surface area (Å²) in [6, 6.07) is 10.7. The number of anilines is 1. The van der Waals surface area contributed by atoms with Gasteiger partial charge >= 0.3 is 0 Å². The molecule has 1 aliphatic carbocycles. The van der Waals surface area contributed by atoms with E-state index in [0.717, 1.165) is 30.7 Å². The number of benzene rings is 1. The average molecular weight is 338 g/mol. The van der Waals surface area contributed by atoms with Crippen molar-refractivity contribution in [1.29, 1.82) is 0 Å². The van der Waals surface area contributed by atoms with Crippen LogP contribution in [-0.4, -0.2) is 33.2 Å². The highest BCUT2D eigenvalue weighted by Crippen LogP contribution is 2.38. The fourth-order valence-electron chi connectivity index (χ4n) is 4.30. The summed E-state index contributed by atoms with van der Waals surface area (Å²) in [6.07, 6.45) is 4.15. The number of likely N-dealkylation sites (tertiary alicyclic amines) is 1. The van der Waals surface area contributed by atoms with E-state index < -0.39 is 0 Å². The van der Waals surface area contributed by atoms with E-state index in [1.54, 1.807) is 0 Å². The summed E-state index contributed by atoms with van der Waals surface area (Å²) >= 11 is 0. The Labute approximate surface area is 149 Å². The second kappa shape index (κ2) is 6.64. The van der Waals surface area contributed by atoms with Crippen molar-refractivity contribution in [2.75, 3.05) is 11.9 Å². The van der Waals surface area contributed by atoms with Gasteiger partial charge in [-0.1, -0.05) is 12.1 Å². The Kier molecular flexibility index (Phi) is 4.34. The lowest BCUT2D eigenvalue weighted by atomic mass is 10.1. The Bertz CT molecular complexity index is 765. The van der Waals surface area contributed by atoms with Crippen LogP contribution in [0.3, 0.4) is 0 Å². The van der Waals surface area contributed by atoms with E-state index in [0.29, 0.717) is 11.4 Å². The zero-order chi connectivity index (χ0) is 17.4. The van der Waals surface area contributed by atoms with Crippen LogP contribution in [0.15, 0.2) is 30.3 Å². The van der Waals surface area contributed by atoms with Crippen LogP contribution in [-0.2, 0) is 13.1 Å². The van der Waals surface area contributed by atoms with E-state index in [-0.39, 0.29) is 5.91 Å². The van der Waals surface area contributed by atoms with Gasteiger partial charge in [-0.05, 0) is 56.7 Å². The maximum absolute atomic E-state index is 12.4. The molecule has 1 aromatic carbocycles. The number of piperidine rings is 1. The maximum atomic E-state index is 12.4. The van der Waals surface area contributed by atoms with E-state index in [9.17, 15) is 4.79 Å². The number of aromatic nitrogens is 2. The third kappa shape index (κ3) is 3.33. The lowest BCUT2D eigenvalue weighted by Crippen LogP contribution is -2.31. The second-order valence-electron chi connectivity index (χ2n) is 7.40. The molecule has 5 heteroatoms. The number of rotatable bonds is 5. The number of carbonyl (C=O) groups excluding carboxylic acids is 1. The van der Waals surface area contributed by atoms with Crippen LogP contribution in [0.4, 0.5) is 5.82 Å². The Morgan fingerprint density at radius 3 is 2.68 bits per heavy atom. The number of carbonyl (C=O) groups is 1. The van der Waals surface area contributed by atoms with Crippen molar-refractivity contribution in [2.24, 2.45) is 5.92 Å². The minimum atomic E-state index is -0.104. The van der Waals surface area contributed by atoms with Gasteiger partial charge in [-0.25, -0.2) is 0 Å². The van der Waals surface area contributed by atoms with Crippen molar-refractivity contribution in [1.82, 2.24) is 14.7 Å². The van der Waals surface area contributed by atoms with Crippen LogP contribution in [0.2, 0.25) is 0 Å². The quantitative estimate of drug-likeness (QED) is 0.908. The fourth-order valence-corrected chi connectivity index (χ4v) is 4.30. The molecular formula is C20H26N4O. The first-order valence-corrected chi connectivity index (χ1v) is 9.31. The predicted molar refractivity (Wildman–Crippen MR) is 98.6 cm³/mol. The average Bonchev–Trinajstić information content (AvgIpc) is 3.31. The standard InChI is InChI=1S/C20H26N4O/c1-3-24-14(2)10-19(22-24)21-20(25)17-7-4-15(5-8-17)12-23-13-16-6-9-18(23)11-16/h4-5,7-8,10,16,18H,3,6,9,11-13H2,1-2H3,(H,21,22,25)/t16-,18-/m0/s1. The Balaban J connectivity index is 1.38. The SMILES string of the molecule is CCn1nc(NC(=O)c2ccc(CN3C[C@H]4CC[C@H]3C4)cc2)cc1C. The van der Waals surface area contributed by atoms with Gasteiger partial charge in [0.05, 0.1) is 0 Å². The topological polar surface area (TPSA) is 50.2 Å². The molecule has 25 heavy (non-hydrogen) atoms. The van der Waals surface area contributed by atoms with Crippen molar-refractivity contribution >= 4 is 11.7 Å². The van der Waals surface area contributed by atoms with Crippen LogP contribution in [0.5, 0.6) is 0 Å². The fraction of sp³-hybridized carbons (Fsp3) is 0.500. The van der Waals surface area contributed by atoms with Crippen LogP contribution < -0.4 is 5.32 Å². The predicted octanol–water partition coefficient (Wildman–Crippen LogP) is 3.45. The molecule has 0 spiro atoms. The summed E-state index contributed by atoms with van der Waals surface area (Å²) in [6.45, 7) is 7.08. The van der Waals surface area contributed by atoms with Gasteiger partial charge in [0.2, 0.25) is 0 Å². The zero-order valence-electron chi connectivity index (χ0n) is 15.0. The highest BCUT2D eigenvalue weighted by Gasteiger charge is 2.37. The molecule has 1 amide bonds. The van der Waals surface area contributed by atoms with Gasteiger partial charge in [0.1, 0.15) is 0 Å². The first kappa shape index (κ1) is 16.3. The first-order chi connectivity index (χ1) is 12.1. The Morgan fingerprint density at radius 2 is 2.08 bits per heavy atom. The molecule has 0 unspecified atom stereocenters. The zero-order valence-corrected chi connectivity index (χ0v) is 15.0. The van der Waals surface area contributed by atoms with Gasteiger partial charge in [0.25, 0.3) is 5.91 Å². The summed E-state index contributed by atoms with van der Waals surface area (Å²) < 4.78 is 1.88. The molecule has 2 atom stereocenters. The van der Waals surface area contributed by atoms with Gasteiger partial charge in [-0.3, -0.25) is 14.4 Å². The molecule has 0 radical (unpaired) electrons. The van der Waals surface area contributed by atoms with Gasteiger partial charge in [-0.2, -0.15) is 5.10 Å². The smallest absolute Gasteiger partial charge is 0.256 e. The largest absolute Gasteiger partial charge is 0.305 e. The van der Waals surface area contributed by atoms with Crippen LogP contribution in [0.25, 0.3) is 0 Å². The van der Waals surface area contributed by atoms with Crippen LogP contribution in [0.1, 0.15) is 47.8 Å². The number of hydrogen-bond donors (Lipinski definition) is 1. The molecule has 1 aromatic heterocycles. The molecule has 2 bridgehead atoms. The van der Waals surface area contributed by atoms with Crippen molar-refractivity contribution in [3.05, 3.63) is 47.2 Å². The van der Waals surface area contributed by atoms with Crippen molar-refractivity contribution in [3.63, 3.8) is 0 Å². The summed E-state index contributed by atoms with van der Waals surface area (Å²) in [4.78, 5) is 15.0. The molecule has 132 valence electrons. The second-order valence-corrected chi connectivity index (χ2v) is 7.40. The van der Waals surface area contributed by atoms with Crippen molar-refractivity contribution in [2.45, 2.75) is 52.2 Å². The minimum absolute atomic E-state index is 0.104. The normalized spacial score (nSPS) is 22.5. The number of nitrogens with zero attached hydrogens (tertiary/aromatic N) is 3. The van der Waals surface area contributed by atoms with Gasteiger partial charge in [-0.15, -0.1) is 0 Å². The number of aryl methyl sites for hydroxylation is 2. The van der Waals surface area contributed by atoms with Gasteiger partial charge in [0.15, 0.2) is 5.82 Å². The lowest BCUT2D eigenvalue weighted by molar-refractivity contribution is 0.102. The molecule has 4 rings (SSSR count). The van der Waals surface area contributed by atoms with Crippen LogP contribution in [0, 0.1) is 12.8 Å². The summed E-state index contributed by atoms with van der Waals surface area (Å²) in [5.74, 6) is 1.43. The number of nitrogens with one attached hydrogen (secondary N) is 1. The Hall–Kier alpha value is -2.14. The van der Waals surface area contributed by atoms with E-state index in [1.807, 2.05) is 36.7 Å². The third-order valence-electron chi connectivity index (χ3n) is 5.65. The van der Waals surface area contributed by atoms with E-state index >= 15 is 0 Å². The number of fused-ring (bicyclic) bond motifs is 2. The lowest BCUT2D eigenvalue weighted by Gasteiger charge is -2.26. The molecule has 1 saturated carbocycles. The van der Waals surface area contributed by atoms with Crippen molar-refractivity contribution in [3.8, 4) is 0 Å². The van der Waals surface area contributed by atoms with Gasteiger partial charge in [0, 0.05) is 43.0 Å². The molecule has 1 saturated heterocycles. The maximum Gasteiger partial charge on any atom is 0.256 e. The third-order valence-corrected chi connectivity index (χ3v) is 5.65. The molecule has 2 aromatic rings. The molecule has 1 aliphatic heterocycles. The molecule has 2 fully saturated rings. The first-order valence-electron chi connectivity index (χ1n) is 9.31. The van der Waals surface area contributed by atoms with E-state index in [1.165, 1.54) is 31.4 Å².